The number of ketones is 1. The second-order valence-electron chi connectivity index (χ2n) is 8.42. The molecule has 1 aromatic rings. The Kier molecular flexibility index (Phi) is 5.56. The van der Waals surface area contributed by atoms with Gasteiger partial charge in [-0.2, -0.15) is 0 Å². The highest BCUT2D eigenvalue weighted by molar-refractivity contribution is 7.15. The van der Waals surface area contributed by atoms with Crippen LogP contribution in [0.4, 0.5) is 0 Å². The number of amides is 2. The lowest BCUT2D eigenvalue weighted by Gasteiger charge is -2.47. The number of rotatable bonds is 4. The number of piperidine rings is 2. The predicted molar refractivity (Wildman–Crippen MR) is 107 cm³/mol. The SMILES string of the molecule is CC(=O)c1ccc(C(=O)N2CCC3(CCC(=O)N(C[C@@H]4CCCO4)C3)CC2)s1. The van der Waals surface area contributed by atoms with E-state index in [9.17, 15) is 14.4 Å². The highest BCUT2D eigenvalue weighted by atomic mass is 32.1. The summed E-state index contributed by atoms with van der Waals surface area (Å²) < 4.78 is 5.73. The summed E-state index contributed by atoms with van der Waals surface area (Å²) in [5, 5.41) is 0. The molecule has 3 saturated heterocycles. The van der Waals surface area contributed by atoms with Crippen molar-refractivity contribution in [1.29, 1.82) is 0 Å². The van der Waals surface area contributed by atoms with Crippen molar-refractivity contribution in [2.75, 3.05) is 32.8 Å². The lowest BCUT2D eigenvalue weighted by molar-refractivity contribution is -0.141. The standard InChI is InChI=1S/C21H28N2O4S/c1-15(24)17-4-5-18(28-17)20(26)22-10-8-21(9-11-22)7-6-19(25)23(14-21)13-16-3-2-12-27-16/h4-5,16H,2-3,6-14H2,1H3/t16-/m0/s1. The van der Waals surface area contributed by atoms with Gasteiger partial charge in [-0.25, -0.2) is 0 Å². The molecule has 0 bridgehead atoms. The van der Waals surface area contributed by atoms with E-state index in [0.717, 1.165) is 45.3 Å². The van der Waals surface area contributed by atoms with Crippen molar-refractivity contribution < 1.29 is 19.1 Å². The van der Waals surface area contributed by atoms with Crippen LogP contribution < -0.4 is 0 Å². The van der Waals surface area contributed by atoms with Crippen LogP contribution in [0.2, 0.25) is 0 Å². The van der Waals surface area contributed by atoms with Gasteiger partial charge in [0.1, 0.15) is 0 Å². The maximum absolute atomic E-state index is 12.8. The van der Waals surface area contributed by atoms with E-state index in [1.165, 1.54) is 18.3 Å². The largest absolute Gasteiger partial charge is 0.376 e. The maximum atomic E-state index is 12.8. The third-order valence-corrected chi connectivity index (χ3v) is 7.65. The lowest BCUT2D eigenvalue weighted by Crippen LogP contribution is -2.53. The first-order valence-electron chi connectivity index (χ1n) is 10.3. The van der Waals surface area contributed by atoms with Gasteiger partial charge in [-0.05, 0) is 56.6 Å². The number of carbonyl (C=O) groups is 3. The molecule has 2 amide bonds. The molecule has 1 aromatic heterocycles. The molecule has 3 aliphatic rings. The molecule has 4 rings (SSSR count). The molecule has 3 aliphatic heterocycles. The van der Waals surface area contributed by atoms with Crippen molar-refractivity contribution >= 4 is 28.9 Å². The molecule has 0 unspecified atom stereocenters. The fraction of sp³-hybridized carbons (Fsp3) is 0.667. The first kappa shape index (κ1) is 19.6. The second kappa shape index (κ2) is 7.95. The van der Waals surface area contributed by atoms with Crippen molar-refractivity contribution in [1.82, 2.24) is 9.80 Å². The Labute approximate surface area is 169 Å². The summed E-state index contributed by atoms with van der Waals surface area (Å²) in [6.45, 7) is 5.27. The summed E-state index contributed by atoms with van der Waals surface area (Å²) in [4.78, 5) is 41.9. The number of likely N-dealkylation sites (tertiary alicyclic amines) is 2. The van der Waals surface area contributed by atoms with Gasteiger partial charge < -0.3 is 14.5 Å². The molecule has 0 radical (unpaired) electrons. The van der Waals surface area contributed by atoms with Crippen molar-refractivity contribution in [3.63, 3.8) is 0 Å². The molecule has 28 heavy (non-hydrogen) atoms. The molecule has 1 atom stereocenters. The van der Waals surface area contributed by atoms with Crippen LogP contribution in [0.5, 0.6) is 0 Å². The summed E-state index contributed by atoms with van der Waals surface area (Å²) in [6, 6.07) is 3.50. The van der Waals surface area contributed by atoms with Crippen LogP contribution in [0.15, 0.2) is 12.1 Å². The Hall–Kier alpha value is -1.73. The zero-order chi connectivity index (χ0) is 19.7. The average molecular weight is 405 g/mol. The molecule has 7 heteroatoms. The van der Waals surface area contributed by atoms with Gasteiger partial charge in [0.25, 0.3) is 5.91 Å². The number of hydrogen-bond acceptors (Lipinski definition) is 5. The van der Waals surface area contributed by atoms with Gasteiger partial charge in [-0.15, -0.1) is 11.3 Å². The van der Waals surface area contributed by atoms with Crippen LogP contribution >= 0.6 is 11.3 Å². The number of thiophene rings is 1. The number of ether oxygens (including phenoxy) is 1. The minimum Gasteiger partial charge on any atom is -0.376 e. The van der Waals surface area contributed by atoms with Gasteiger partial charge in [-0.3, -0.25) is 14.4 Å². The third-order valence-electron chi connectivity index (χ3n) is 6.47. The van der Waals surface area contributed by atoms with Crippen LogP contribution in [-0.2, 0) is 9.53 Å². The molecular weight excluding hydrogens is 376 g/mol. The van der Waals surface area contributed by atoms with E-state index in [1.807, 2.05) is 9.80 Å². The molecule has 1 spiro atoms. The Bertz CT molecular complexity index is 760. The fourth-order valence-corrected chi connectivity index (χ4v) is 5.56. The van der Waals surface area contributed by atoms with E-state index >= 15 is 0 Å². The van der Waals surface area contributed by atoms with Gasteiger partial charge in [0.2, 0.25) is 5.91 Å². The Morgan fingerprint density at radius 3 is 2.61 bits per heavy atom. The highest BCUT2D eigenvalue weighted by Crippen LogP contribution is 2.41. The first-order valence-corrected chi connectivity index (χ1v) is 11.1. The Morgan fingerprint density at radius 1 is 1.21 bits per heavy atom. The molecule has 0 N–H and O–H groups in total. The van der Waals surface area contributed by atoms with Gasteiger partial charge in [0.15, 0.2) is 5.78 Å². The van der Waals surface area contributed by atoms with Crippen LogP contribution in [0.25, 0.3) is 0 Å². The van der Waals surface area contributed by atoms with E-state index in [-0.39, 0.29) is 29.1 Å². The number of nitrogens with zero attached hydrogens (tertiary/aromatic N) is 2. The zero-order valence-corrected chi connectivity index (χ0v) is 17.3. The summed E-state index contributed by atoms with van der Waals surface area (Å²) >= 11 is 1.28. The monoisotopic (exact) mass is 404 g/mol. The quantitative estimate of drug-likeness (QED) is 0.724. The van der Waals surface area contributed by atoms with E-state index < -0.39 is 0 Å². The number of Topliss-reactive ketones (excluding diaryl/α,β-unsaturated/α-hetero) is 1. The van der Waals surface area contributed by atoms with Gasteiger partial charge in [-0.1, -0.05) is 0 Å². The van der Waals surface area contributed by atoms with Gasteiger partial charge in [0, 0.05) is 39.2 Å². The Balaban J connectivity index is 1.36. The van der Waals surface area contributed by atoms with E-state index in [4.69, 9.17) is 4.74 Å². The van der Waals surface area contributed by atoms with Crippen molar-refractivity contribution in [2.24, 2.45) is 5.41 Å². The molecule has 152 valence electrons. The highest BCUT2D eigenvalue weighted by Gasteiger charge is 2.42. The fourth-order valence-electron chi connectivity index (χ4n) is 4.69. The third kappa shape index (κ3) is 4.01. The number of hydrogen-bond donors (Lipinski definition) is 0. The Morgan fingerprint density at radius 2 is 1.96 bits per heavy atom. The summed E-state index contributed by atoms with van der Waals surface area (Å²) in [5.41, 5.74) is 0.128. The molecule has 0 aromatic carbocycles. The topological polar surface area (TPSA) is 66.9 Å². The molecule has 3 fully saturated rings. The molecule has 4 heterocycles. The second-order valence-corrected chi connectivity index (χ2v) is 9.51. The van der Waals surface area contributed by atoms with E-state index in [0.29, 0.717) is 35.8 Å². The zero-order valence-electron chi connectivity index (χ0n) is 16.4. The molecular formula is C21H28N2O4S. The molecule has 0 aliphatic carbocycles. The van der Waals surface area contributed by atoms with Crippen LogP contribution in [0.1, 0.15) is 64.8 Å². The first-order chi connectivity index (χ1) is 13.5. The summed E-state index contributed by atoms with van der Waals surface area (Å²) in [6.07, 6.45) is 5.70. The van der Waals surface area contributed by atoms with E-state index in [2.05, 4.69) is 0 Å². The van der Waals surface area contributed by atoms with Crippen molar-refractivity contribution in [2.45, 2.75) is 51.6 Å². The summed E-state index contributed by atoms with van der Waals surface area (Å²) in [5.74, 6) is 0.269. The average Bonchev–Trinajstić information content (AvgIpc) is 3.37. The normalized spacial score (nSPS) is 24.8. The lowest BCUT2D eigenvalue weighted by atomic mass is 9.72. The number of carbonyl (C=O) groups excluding carboxylic acids is 3. The molecule has 6 nitrogen and oxygen atoms in total. The summed E-state index contributed by atoms with van der Waals surface area (Å²) in [7, 11) is 0. The van der Waals surface area contributed by atoms with Crippen molar-refractivity contribution in [3.05, 3.63) is 21.9 Å². The van der Waals surface area contributed by atoms with Crippen LogP contribution in [0, 0.1) is 5.41 Å². The minimum absolute atomic E-state index is 0.000136. The smallest absolute Gasteiger partial charge is 0.263 e. The van der Waals surface area contributed by atoms with Crippen LogP contribution in [0.3, 0.4) is 0 Å². The predicted octanol–water partition coefficient (Wildman–Crippen LogP) is 2.97. The van der Waals surface area contributed by atoms with Gasteiger partial charge >= 0.3 is 0 Å². The minimum atomic E-state index is -0.000136. The molecule has 0 saturated carbocycles. The van der Waals surface area contributed by atoms with E-state index in [1.54, 1.807) is 12.1 Å². The maximum Gasteiger partial charge on any atom is 0.263 e. The van der Waals surface area contributed by atoms with Crippen molar-refractivity contribution in [3.8, 4) is 0 Å². The van der Waals surface area contributed by atoms with Gasteiger partial charge in [0.05, 0.1) is 15.9 Å². The van der Waals surface area contributed by atoms with Crippen LogP contribution in [-0.4, -0.2) is 66.3 Å².